The first kappa shape index (κ1) is 11.3. The molecule has 1 aromatic carbocycles. The summed E-state index contributed by atoms with van der Waals surface area (Å²) < 4.78 is 51.2. The molecule has 0 atom stereocenters. The largest absolute Gasteiger partial charge is 0.417 e. The Morgan fingerprint density at radius 2 is 1.88 bits per heavy atom. The smallest absolute Gasteiger partial charge is 0.238 e. The zero-order valence-corrected chi connectivity index (χ0v) is 9.23. The molecule has 0 N–H and O–H groups in total. The topological polar surface area (TPSA) is 12.9 Å². The molecule has 1 heterocycles. The third kappa shape index (κ3) is 1.89. The summed E-state index contributed by atoms with van der Waals surface area (Å²) in [6.07, 6.45) is -4.53. The normalized spacial score (nSPS) is 12.1. The summed E-state index contributed by atoms with van der Waals surface area (Å²) in [5.41, 5.74) is -1.19. The van der Waals surface area contributed by atoms with E-state index in [2.05, 4.69) is 20.9 Å². The van der Waals surface area contributed by atoms with Crippen molar-refractivity contribution in [1.29, 1.82) is 0 Å². The van der Waals surface area contributed by atoms with Crippen molar-refractivity contribution in [2.24, 2.45) is 0 Å². The van der Waals surface area contributed by atoms with Crippen LogP contribution in [0.4, 0.5) is 17.6 Å². The number of halogens is 5. The molecule has 0 saturated heterocycles. The van der Waals surface area contributed by atoms with Gasteiger partial charge in [0.1, 0.15) is 15.9 Å². The van der Waals surface area contributed by atoms with E-state index in [1.165, 1.54) is 12.1 Å². The summed E-state index contributed by atoms with van der Waals surface area (Å²) in [6.45, 7) is 0. The Morgan fingerprint density at radius 3 is 2.50 bits per heavy atom. The third-order valence-corrected chi connectivity index (χ3v) is 2.47. The molecule has 0 bridgehead atoms. The third-order valence-electron chi connectivity index (χ3n) is 2.06. The van der Waals surface area contributed by atoms with Crippen molar-refractivity contribution >= 4 is 26.8 Å². The predicted octanol–water partition coefficient (Wildman–Crippen LogP) is 4.16. The molecule has 0 saturated carbocycles. The zero-order chi connectivity index (χ0) is 11.9. The number of aromatic nitrogens is 1. The average molecular weight is 294 g/mol. The van der Waals surface area contributed by atoms with Gasteiger partial charge in [-0.25, -0.2) is 9.37 Å². The van der Waals surface area contributed by atoms with E-state index in [-0.39, 0.29) is 15.5 Å². The lowest BCUT2D eigenvalue weighted by Gasteiger charge is -2.10. The monoisotopic (exact) mass is 293 g/mol. The van der Waals surface area contributed by atoms with Crippen LogP contribution in [0.2, 0.25) is 0 Å². The van der Waals surface area contributed by atoms with Gasteiger partial charge in [0.15, 0.2) is 0 Å². The van der Waals surface area contributed by atoms with Crippen LogP contribution >= 0.6 is 15.9 Å². The van der Waals surface area contributed by atoms with Crippen molar-refractivity contribution in [3.63, 3.8) is 0 Å². The molecule has 16 heavy (non-hydrogen) atoms. The van der Waals surface area contributed by atoms with Crippen LogP contribution in [-0.4, -0.2) is 4.98 Å². The number of para-hydroxylation sites is 1. The van der Waals surface area contributed by atoms with Crippen molar-refractivity contribution in [3.05, 3.63) is 40.2 Å². The fourth-order valence-electron chi connectivity index (χ4n) is 1.42. The minimum absolute atomic E-state index is 0.0441. The van der Waals surface area contributed by atoms with Gasteiger partial charge in [-0.05, 0) is 28.1 Å². The van der Waals surface area contributed by atoms with Gasteiger partial charge in [-0.3, -0.25) is 0 Å². The molecule has 0 aliphatic carbocycles. The highest BCUT2D eigenvalue weighted by Gasteiger charge is 2.33. The highest BCUT2D eigenvalue weighted by molar-refractivity contribution is 9.10. The van der Waals surface area contributed by atoms with E-state index < -0.39 is 17.6 Å². The van der Waals surface area contributed by atoms with Crippen molar-refractivity contribution in [1.82, 2.24) is 4.98 Å². The molecule has 2 aromatic rings. The van der Waals surface area contributed by atoms with Crippen LogP contribution in [0, 0.1) is 5.82 Å². The van der Waals surface area contributed by atoms with Crippen LogP contribution in [-0.2, 0) is 6.18 Å². The van der Waals surface area contributed by atoms with Crippen LogP contribution in [0.1, 0.15) is 5.56 Å². The number of fused-ring (bicyclic) bond motifs is 1. The lowest BCUT2D eigenvalue weighted by Crippen LogP contribution is -2.07. The highest BCUT2D eigenvalue weighted by Crippen LogP contribution is 2.36. The molecule has 0 aliphatic rings. The minimum atomic E-state index is -4.53. The summed E-state index contributed by atoms with van der Waals surface area (Å²) in [5.74, 6) is -0.774. The summed E-state index contributed by atoms with van der Waals surface area (Å²) in [5, 5.41) is -0.240. The Bertz CT molecular complexity index is 550. The zero-order valence-electron chi connectivity index (χ0n) is 7.65. The first-order valence-corrected chi connectivity index (χ1v) is 5.01. The first-order valence-electron chi connectivity index (χ1n) is 4.21. The highest BCUT2D eigenvalue weighted by atomic mass is 79.9. The molecule has 0 unspecified atom stereocenters. The number of alkyl halides is 3. The molecule has 6 heteroatoms. The van der Waals surface area contributed by atoms with Gasteiger partial charge < -0.3 is 0 Å². The van der Waals surface area contributed by atoms with Gasteiger partial charge in [0.05, 0.1) is 5.56 Å². The molecule has 0 amide bonds. The van der Waals surface area contributed by atoms with Gasteiger partial charge in [0, 0.05) is 5.39 Å². The molecule has 0 spiro atoms. The number of pyridine rings is 1. The summed E-state index contributed by atoms with van der Waals surface area (Å²) in [7, 11) is 0. The SMILES string of the molecule is Fc1cccc2c(C(F)(F)F)cc(Br)nc12. The van der Waals surface area contributed by atoms with Crippen LogP contribution < -0.4 is 0 Å². The lowest BCUT2D eigenvalue weighted by molar-refractivity contribution is -0.136. The standard InChI is InChI=1S/C10H4BrF4N/c11-8-4-6(10(13,14)15)5-2-1-3-7(12)9(5)16-8/h1-4H. The maximum absolute atomic E-state index is 13.3. The van der Waals surface area contributed by atoms with Gasteiger partial charge in [-0.1, -0.05) is 12.1 Å². The van der Waals surface area contributed by atoms with Gasteiger partial charge >= 0.3 is 6.18 Å². The van der Waals surface area contributed by atoms with Crippen LogP contribution in [0.5, 0.6) is 0 Å². The van der Waals surface area contributed by atoms with Crippen molar-refractivity contribution in [3.8, 4) is 0 Å². The van der Waals surface area contributed by atoms with E-state index >= 15 is 0 Å². The predicted molar refractivity (Wildman–Crippen MR) is 54.4 cm³/mol. The molecule has 2 rings (SSSR count). The van der Waals surface area contributed by atoms with Crippen molar-refractivity contribution < 1.29 is 17.6 Å². The number of benzene rings is 1. The Labute approximate surface area is 96.2 Å². The van der Waals surface area contributed by atoms with E-state index in [9.17, 15) is 17.6 Å². The molecule has 0 radical (unpaired) electrons. The fourth-order valence-corrected chi connectivity index (χ4v) is 1.82. The average Bonchev–Trinajstić information content (AvgIpc) is 2.17. The van der Waals surface area contributed by atoms with E-state index in [0.717, 1.165) is 12.1 Å². The van der Waals surface area contributed by atoms with Crippen LogP contribution in [0.3, 0.4) is 0 Å². The van der Waals surface area contributed by atoms with Crippen LogP contribution in [0.25, 0.3) is 10.9 Å². The number of hydrogen-bond acceptors (Lipinski definition) is 1. The summed E-state index contributed by atoms with van der Waals surface area (Å²) in [6, 6.07) is 4.33. The Morgan fingerprint density at radius 1 is 1.19 bits per heavy atom. The Hall–Kier alpha value is -1.17. The van der Waals surface area contributed by atoms with Gasteiger partial charge in [0.25, 0.3) is 0 Å². The van der Waals surface area contributed by atoms with E-state index in [1.807, 2.05) is 0 Å². The second kappa shape index (κ2) is 3.69. The summed E-state index contributed by atoms with van der Waals surface area (Å²) >= 11 is 2.83. The number of nitrogens with zero attached hydrogens (tertiary/aromatic N) is 1. The maximum Gasteiger partial charge on any atom is 0.417 e. The van der Waals surface area contributed by atoms with Crippen LogP contribution in [0.15, 0.2) is 28.9 Å². The molecular weight excluding hydrogens is 290 g/mol. The van der Waals surface area contributed by atoms with Gasteiger partial charge in [-0.2, -0.15) is 13.2 Å². The van der Waals surface area contributed by atoms with E-state index in [1.54, 1.807) is 0 Å². The molecule has 0 fully saturated rings. The van der Waals surface area contributed by atoms with Gasteiger partial charge in [0.2, 0.25) is 0 Å². The first-order chi connectivity index (χ1) is 7.39. The Balaban J connectivity index is 2.89. The fraction of sp³-hybridized carbons (Fsp3) is 0.100. The van der Waals surface area contributed by atoms with E-state index in [4.69, 9.17) is 0 Å². The second-order valence-corrected chi connectivity index (χ2v) is 3.94. The number of rotatable bonds is 0. The second-order valence-electron chi connectivity index (χ2n) is 3.13. The quantitative estimate of drug-likeness (QED) is 0.525. The van der Waals surface area contributed by atoms with Crippen molar-refractivity contribution in [2.75, 3.05) is 0 Å². The van der Waals surface area contributed by atoms with Crippen molar-refractivity contribution in [2.45, 2.75) is 6.18 Å². The lowest BCUT2D eigenvalue weighted by atomic mass is 10.1. The number of hydrogen-bond donors (Lipinski definition) is 0. The maximum atomic E-state index is 13.3. The molecule has 0 aliphatic heterocycles. The van der Waals surface area contributed by atoms with Gasteiger partial charge in [-0.15, -0.1) is 0 Å². The minimum Gasteiger partial charge on any atom is -0.238 e. The molecular formula is C10H4BrF4N. The molecule has 1 nitrogen and oxygen atoms in total. The van der Waals surface area contributed by atoms with E-state index in [0.29, 0.717) is 0 Å². The Kier molecular flexibility index (Phi) is 2.61. The molecule has 1 aromatic heterocycles. The summed E-state index contributed by atoms with van der Waals surface area (Å²) in [4.78, 5) is 3.69. The molecule has 84 valence electrons.